The molecule has 1 rings (SSSR count). The van der Waals surface area contributed by atoms with E-state index in [1.165, 1.54) is 0 Å². The third kappa shape index (κ3) is 8.84. The zero-order valence-corrected chi connectivity index (χ0v) is 16.1. The maximum atomic E-state index is 12.0. The van der Waals surface area contributed by atoms with Gasteiger partial charge in [0.05, 0.1) is 11.9 Å². The summed E-state index contributed by atoms with van der Waals surface area (Å²) >= 11 is 0. The van der Waals surface area contributed by atoms with Gasteiger partial charge < -0.3 is 15.4 Å². The van der Waals surface area contributed by atoms with Crippen LogP contribution in [0.3, 0.4) is 0 Å². The van der Waals surface area contributed by atoms with E-state index in [9.17, 15) is 8.42 Å². The van der Waals surface area contributed by atoms with Gasteiger partial charge in [0.15, 0.2) is 5.96 Å². The summed E-state index contributed by atoms with van der Waals surface area (Å²) in [5, 5.41) is 6.30. The number of aliphatic imine (C=N–C) groups is 1. The SMILES string of the molecule is CCC(CC)CNC(=NC)NCCS(=O)(=O)NCC1CCCCO1. The molecule has 3 N–H and O–H groups in total. The molecule has 0 amide bonds. The standard InChI is InChI=1S/C16H34N4O3S/c1-4-14(5-2)12-19-16(17-3)18-9-11-24(21,22)20-13-15-8-6-7-10-23-15/h14-15,20H,4-13H2,1-3H3,(H2,17,18,19). The van der Waals surface area contributed by atoms with Crippen LogP contribution in [0, 0.1) is 5.92 Å². The van der Waals surface area contributed by atoms with E-state index in [-0.39, 0.29) is 11.9 Å². The Morgan fingerprint density at radius 2 is 2.00 bits per heavy atom. The normalized spacial score (nSPS) is 19.5. The molecule has 8 heteroatoms. The first kappa shape index (κ1) is 21.2. The largest absolute Gasteiger partial charge is 0.377 e. The van der Waals surface area contributed by atoms with E-state index in [0.717, 1.165) is 45.3 Å². The van der Waals surface area contributed by atoms with Crippen LogP contribution < -0.4 is 15.4 Å². The molecule has 7 nitrogen and oxygen atoms in total. The number of ether oxygens (including phenoxy) is 1. The van der Waals surface area contributed by atoms with Crippen molar-refractivity contribution in [3.05, 3.63) is 0 Å². The highest BCUT2D eigenvalue weighted by atomic mass is 32.2. The quantitative estimate of drug-likeness (QED) is 0.399. The van der Waals surface area contributed by atoms with Crippen LogP contribution in [0.4, 0.5) is 0 Å². The van der Waals surface area contributed by atoms with Crippen molar-refractivity contribution < 1.29 is 13.2 Å². The summed E-state index contributed by atoms with van der Waals surface area (Å²) in [6.45, 7) is 6.59. The summed E-state index contributed by atoms with van der Waals surface area (Å²) < 4.78 is 32.2. The Balaban J connectivity index is 2.24. The molecule has 0 saturated carbocycles. The minimum atomic E-state index is -3.30. The van der Waals surface area contributed by atoms with Gasteiger partial charge in [-0.15, -0.1) is 0 Å². The second-order valence-corrected chi connectivity index (χ2v) is 8.14. The third-order valence-electron chi connectivity index (χ3n) is 4.40. The Hall–Kier alpha value is -0.860. The molecule has 0 bridgehead atoms. The van der Waals surface area contributed by atoms with Crippen LogP contribution in [0.25, 0.3) is 0 Å². The molecular formula is C16H34N4O3S. The summed E-state index contributed by atoms with van der Waals surface area (Å²) in [6.07, 6.45) is 5.33. The van der Waals surface area contributed by atoms with Gasteiger partial charge in [0.1, 0.15) is 0 Å². The Labute approximate surface area is 147 Å². The van der Waals surface area contributed by atoms with Crippen molar-refractivity contribution in [2.75, 3.05) is 39.0 Å². The predicted octanol–water partition coefficient (Wildman–Crippen LogP) is 1.08. The smallest absolute Gasteiger partial charge is 0.213 e. The van der Waals surface area contributed by atoms with Crippen LogP contribution in [0.15, 0.2) is 4.99 Å². The molecule has 0 spiro atoms. The van der Waals surface area contributed by atoms with Crippen molar-refractivity contribution in [1.82, 2.24) is 15.4 Å². The Kier molecular flexibility index (Phi) is 10.3. The fourth-order valence-corrected chi connectivity index (χ4v) is 3.56. The zero-order valence-electron chi connectivity index (χ0n) is 15.3. The number of hydrogen-bond donors (Lipinski definition) is 3. The number of guanidine groups is 1. The average Bonchev–Trinajstić information content (AvgIpc) is 2.60. The summed E-state index contributed by atoms with van der Waals surface area (Å²) in [7, 11) is -1.61. The lowest BCUT2D eigenvalue weighted by molar-refractivity contribution is 0.0200. The van der Waals surface area contributed by atoms with E-state index >= 15 is 0 Å². The number of nitrogens with one attached hydrogen (secondary N) is 3. The topological polar surface area (TPSA) is 91.8 Å². The van der Waals surface area contributed by atoms with Gasteiger partial charge in [-0.2, -0.15) is 0 Å². The van der Waals surface area contributed by atoms with Gasteiger partial charge in [0.2, 0.25) is 10.0 Å². The van der Waals surface area contributed by atoms with Crippen LogP contribution in [0.2, 0.25) is 0 Å². The Bertz CT molecular complexity index is 458. The van der Waals surface area contributed by atoms with Gasteiger partial charge in [-0.25, -0.2) is 13.1 Å². The van der Waals surface area contributed by atoms with E-state index in [1.807, 2.05) is 0 Å². The number of sulfonamides is 1. The molecule has 1 unspecified atom stereocenters. The molecule has 0 aromatic heterocycles. The van der Waals surface area contributed by atoms with Crippen LogP contribution >= 0.6 is 0 Å². The minimum Gasteiger partial charge on any atom is -0.377 e. The monoisotopic (exact) mass is 362 g/mol. The Morgan fingerprint density at radius 1 is 1.25 bits per heavy atom. The van der Waals surface area contributed by atoms with Crippen molar-refractivity contribution in [1.29, 1.82) is 0 Å². The molecule has 24 heavy (non-hydrogen) atoms. The second kappa shape index (κ2) is 11.7. The second-order valence-electron chi connectivity index (χ2n) is 6.22. The highest BCUT2D eigenvalue weighted by Gasteiger charge is 2.17. The summed E-state index contributed by atoms with van der Waals surface area (Å²) in [5.74, 6) is 1.27. The van der Waals surface area contributed by atoms with Gasteiger partial charge in [-0.1, -0.05) is 26.7 Å². The summed E-state index contributed by atoms with van der Waals surface area (Å²) in [5.41, 5.74) is 0. The maximum absolute atomic E-state index is 12.0. The number of nitrogens with zero attached hydrogens (tertiary/aromatic N) is 1. The van der Waals surface area contributed by atoms with Crippen molar-refractivity contribution >= 4 is 16.0 Å². The molecule has 0 aliphatic carbocycles. The lowest BCUT2D eigenvalue weighted by atomic mass is 10.0. The lowest BCUT2D eigenvalue weighted by Crippen LogP contribution is -2.43. The van der Waals surface area contributed by atoms with E-state index in [4.69, 9.17) is 4.74 Å². The molecule has 1 aliphatic heterocycles. The fourth-order valence-electron chi connectivity index (χ4n) is 2.60. The predicted molar refractivity (Wildman–Crippen MR) is 98.8 cm³/mol. The summed E-state index contributed by atoms with van der Waals surface area (Å²) in [6, 6.07) is 0. The highest BCUT2D eigenvalue weighted by Crippen LogP contribution is 2.11. The van der Waals surface area contributed by atoms with Gasteiger partial charge in [-0.05, 0) is 25.2 Å². The first-order valence-electron chi connectivity index (χ1n) is 9.04. The number of hydrogen-bond acceptors (Lipinski definition) is 4. The molecule has 1 aliphatic rings. The van der Waals surface area contributed by atoms with Crippen LogP contribution in [0.5, 0.6) is 0 Å². The van der Waals surface area contributed by atoms with Crippen LogP contribution in [-0.2, 0) is 14.8 Å². The van der Waals surface area contributed by atoms with Crippen molar-refractivity contribution in [3.8, 4) is 0 Å². The molecule has 1 fully saturated rings. The molecule has 1 saturated heterocycles. The fraction of sp³-hybridized carbons (Fsp3) is 0.938. The van der Waals surface area contributed by atoms with Crippen LogP contribution in [-0.4, -0.2) is 59.5 Å². The molecule has 1 atom stereocenters. The number of rotatable bonds is 10. The molecule has 1 heterocycles. The van der Waals surface area contributed by atoms with E-state index in [2.05, 4.69) is 34.2 Å². The van der Waals surface area contributed by atoms with Gasteiger partial charge >= 0.3 is 0 Å². The third-order valence-corrected chi connectivity index (χ3v) is 5.75. The first-order chi connectivity index (χ1) is 11.5. The molecule has 0 radical (unpaired) electrons. The average molecular weight is 363 g/mol. The van der Waals surface area contributed by atoms with Gasteiger partial charge in [-0.3, -0.25) is 4.99 Å². The zero-order chi connectivity index (χ0) is 17.8. The lowest BCUT2D eigenvalue weighted by Gasteiger charge is -2.22. The van der Waals surface area contributed by atoms with Gasteiger partial charge in [0, 0.05) is 33.3 Å². The van der Waals surface area contributed by atoms with E-state index in [0.29, 0.717) is 25.0 Å². The van der Waals surface area contributed by atoms with Crippen molar-refractivity contribution in [3.63, 3.8) is 0 Å². The molecular weight excluding hydrogens is 328 g/mol. The Morgan fingerprint density at radius 3 is 2.58 bits per heavy atom. The van der Waals surface area contributed by atoms with E-state index in [1.54, 1.807) is 7.05 Å². The first-order valence-corrected chi connectivity index (χ1v) is 10.7. The summed E-state index contributed by atoms with van der Waals surface area (Å²) in [4.78, 5) is 4.13. The van der Waals surface area contributed by atoms with Crippen LogP contribution in [0.1, 0.15) is 46.0 Å². The molecule has 142 valence electrons. The van der Waals surface area contributed by atoms with E-state index < -0.39 is 10.0 Å². The van der Waals surface area contributed by atoms with Crippen molar-refractivity contribution in [2.24, 2.45) is 10.9 Å². The minimum absolute atomic E-state index is 0.0101. The molecule has 0 aromatic rings. The van der Waals surface area contributed by atoms with Crippen molar-refractivity contribution in [2.45, 2.75) is 52.1 Å². The highest BCUT2D eigenvalue weighted by molar-refractivity contribution is 7.89. The maximum Gasteiger partial charge on any atom is 0.213 e. The van der Waals surface area contributed by atoms with Gasteiger partial charge in [0.25, 0.3) is 0 Å². The molecule has 0 aromatic carbocycles.